The summed E-state index contributed by atoms with van der Waals surface area (Å²) in [5.41, 5.74) is 0.811. The number of hydrogen-bond acceptors (Lipinski definition) is 3. The Bertz CT molecular complexity index is 753. The number of Topliss-reactive ketones (excluding diaryl/α,β-unsaturated/α-hetero) is 1. The molecule has 1 aliphatic heterocycles. The van der Waals surface area contributed by atoms with Crippen molar-refractivity contribution in [3.05, 3.63) is 11.6 Å². The molecule has 0 radical (unpaired) electrons. The fraction of sp³-hybridized carbons (Fsp3) is 0.826. The van der Waals surface area contributed by atoms with Gasteiger partial charge >= 0.3 is 0 Å². The van der Waals surface area contributed by atoms with Gasteiger partial charge in [-0.3, -0.25) is 9.59 Å². The first kappa shape index (κ1) is 17.2. The van der Waals surface area contributed by atoms with E-state index in [0.29, 0.717) is 35.9 Å². The standard InChI is InChI=1S/C23H32O3/c1-13-10-16-17(20(3)8-6-15(25)11-18(13)20)7-9-21(4)19(16)12-22(5)23(21,26-22)14(2)24/h11,13,16-17,19H,6-10,12H2,1-5H3/t13-,16+,17+,19+,20+,21-,22+,23-/m0/s1. The van der Waals surface area contributed by atoms with Crippen LogP contribution in [0.1, 0.15) is 73.1 Å². The van der Waals surface area contributed by atoms with E-state index in [1.807, 2.05) is 6.08 Å². The zero-order chi connectivity index (χ0) is 18.7. The quantitative estimate of drug-likeness (QED) is 0.650. The highest BCUT2D eigenvalue weighted by molar-refractivity contribution is 5.92. The Morgan fingerprint density at radius 1 is 1.19 bits per heavy atom. The maximum atomic E-state index is 12.7. The van der Waals surface area contributed by atoms with E-state index in [4.69, 9.17) is 4.74 Å². The minimum Gasteiger partial charge on any atom is -0.354 e. The summed E-state index contributed by atoms with van der Waals surface area (Å²) in [7, 11) is 0. The van der Waals surface area contributed by atoms with Crippen molar-refractivity contribution in [1.29, 1.82) is 0 Å². The molecule has 0 amide bonds. The maximum absolute atomic E-state index is 12.7. The molecule has 1 heterocycles. The van der Waals surface area contributed by atoms with Gasteiger partial charge in [-0.2, -0.15) is 0 Å². The molecule has 0 aromatic carbocycles. The molecule has 3 nitrogen and oxygen atoms in total. The molecule has 0 bridgehead atoms. The SMILES string of the molecule is CC(=O)[C@@]12O[C@]1(C)C[C@@H]1[C@@H]3C[C@H](C)C4=CC(=O)CC[C@]4(C)[C@@H]3CC[C@@]12C. The molecule has 0 unspecified atom stereocenters. The number of hydrogen-bond donors (Lipinski definition) is 0. The zero-order valence-electron chi connectivity index (χ0n) is 16.9. The van der Waals surface area contributed by atoms with Crippen LogP contribution in [0.25, 0.3) is 0 Å². The number of carbonyl (C=O) groups excluding carboxylic acids is 2. The monoisotopic (exact) mass is 356 g/mol. The third-order valence-corrected chi connectivity index (χ3v) is 9.66. The molecule has 4 fully saturated rings. The summed E-state index contributed by atoms with van der Waals surface area (Å²) in [6, 6.07) is 0. The van der Waals surface area contributed by atoms with Crippen molar-refractivity contribution in [3.63, 3.8) is 0 Å². The number of allylic oxidation sites excluding steroid dienone is 1. The summed E-state index contributed by atoms with van der Waals surface area (Å²) in [4.78, 5) is 24.7. The van der Waals surface area contributed by atoms with E-state index in [0.717, 1.165) is 19.3 Å². The Morgan fingerprint density at radius 3 is 2.62 bits per heavy atom. The third kappa shape index (κ3) is 1.66. The Morgan fingerprint density at radius 2 is 1.92 bits per heavy atom. The minimum absolute atomic E-state index is 0.0173. The molecule has 0 aromatic heterocycles. The predicted molar refractivity (Wildman–Crippen MR) is 99.5 cm³/mol. The summed E-state index contributed by atoms with van der Waals surface area (Å²) < 4.78 is 6.21. The lowest BCUT2D eigenvalue weighted by molar-refractivity contribution is -0.138. The molecule has 26 heavy (non-hydrogen) atoms. The van der Waals surface area contributed by atoms with Crippen molar-refractivity contribution in [2.24, 2.45) is 34.5 Å². The first-order chi connectivity index (χ1) is 12.1. The largest absolute Gasteiger partial charge is 0.354 e. The van der Waals surface area contributed by atoms with Gasteiger partial charge in [0.05, 0.1) is 0 Å². The van der Waals surface area contributed by atoms with Crippen LogP contribution in [0.15, 0.2) is 11.6 Å². The van der Waals surface area contributed by atoms with Gasteiger partial charge in [0.15, 0.2) is 17.2 Å². The molecule has 0 aromatic rings. The highest BCUT2D eigenvalue weighted by Gasteiger charge is 2.85. The van der Waals surface area contributed by atoms with E-state index >= 15 is 0 Å². The van der Waals surface area contributed by atoms with E-state index < -0.39 is 5.60 Å². The lowest BCUT2D eigenvalue weighted by atomic mass is 9.45. The topological polar surface area (TPSA) is 46.7 Å². The molecule has 5 aliphatic rings. The van der Waals surface area contributed by atoms with Crippen molar-refractivity contribution < 1.29 is 14.3 Å². The molecule has 4 aliphatic carbocycles. The average Bonchev–Trinajstić information content (AvgIpc) is 3.14. The molecular formula is C23H32O3. The second-order valence-corrected chi connectivity index (χ2v) is 10.7. The van der Waals surface area contributed by atoms with Crippen molar-refractivity contribution in [1.82, 2.24) is 0 Å². The van der Waals surface area contributed by atoms with Crippen LogP contribution in [0.3, 0.4) is 0 Å². The summed E-state index contributed by atoms with van der Waals surface area (Å²) in [5, 5.41) is 0. The maximum Gasteiger partial charge on any atom is 0.165 e. The molecule has 0 N–H and O–H groups in total. The lowest BCUT2D eigenvalue weighted by Crippen LogP contribution is -2.55. The van der Waals surface area contributed by atoms with Gasteiger partial charge in [0.1, 0.15) is 5.60 Å². The second-order valence-electron chi connectivity index (χ2n) is 10.7. The van der Waals surface area contributed by atoms with E-state index in [-0.39, 0.29) is 22.2 Å². The number of ketones is 2. The van der Waals surface area contributed by atoms with Gasteiger partial charge in [-0.1, -0.05) is 26.3 Å². The van der Waals surface area contributed by atoms with E-state index in [1.54, 1.807) is 6.92 Å². The first-order valence-corrected chi connectivity index (χ1v) is 10.6. The van der Waals surface area contributed by atoms with Crippen LogP contribution in [-0.4, -0.2) is 22.8 Å². The third-order valence-electron chi connectivity index (χ3n) is 9.66. The molecule has 142 valence electrons. The fourth-order valence-corrected chi connectivity index (χ4v) is 8.60. The Balaban J connectivity index is 1.56. The van der Waals surface area contributed by atoms with Crippen molar-refractivity contribution in [3.8, 4) is 0 Å². The molecule has 3 saturated carbocycles. The van der Waals surface area contributed by atoms with Crippen LogP contribution in [0.2, 0.25) is 0 Å². The Labute approximate surface area is 156 Å². The molecular weight excluding hydrogens is 324 g/mol. The van der Waals surface area contributed by atoms with Gasteiger partial charge < -0.3 is 4.74 Å². The molecule has 1 saturated heterocycles. The van der Waals surface area contributed by atoms with Crippen LogP contribution in [-0.2, 0) is 14.3 Å². The summed E-state index contributed by atoms with van der Waals surface area (Å²) >= 11 is 0. The zero-order valence-corrected chi connectivity index (χ0v) is 16.9. The second kappa shape index (κ2) is 4.71. The predicted octanol–water partition coefficient (Wildman–Crippen LogP) is 4.49. The smallest absolute Gasteiger partial charge is 0.165 e. The van der Waals surface area contributed by atoms with Crippen LogP contribution < -0.4 is 0 Å². The van der Waals surface area contributed by atoms with Gasteiger partial charge in [-0.15, -0.1) is 0 Å². The molecule has 0 spiro atoms. The first-order valence-electron chi connectivity index (χ1n) is 10.6. The molecule has 3 heteroatoms. The molecule has 8 atom stereocenters. The average molecular weight is 357 g/mol. The van der Waals surface area contributed by atoms with E-state index in [2.05, 4.69) is 27.7 Å². The van der Waals surface area contributed by atoms with E-state index in [1.165, 1.54) is 18.4 Å². The summed E-state index contributed by atoms with van der Waals surface area (Å²) in [6.07, 6.45) is 8.16. The highest BCUT2D eigenvalue weighted by atomic mass is 16.6. The highest BCUT2D eigenvalue weighted by Crippen LogP contribution is 2.77. The van der Waals surface area contributed by atoms with Crippen molar-refractivity contribution >= 4 is 11.6 Å². The van der Waals surface area contributed by atoms with Crippen LogP contribution in [0.5, 0.6) is 0 Å². The number of rotatable bonds is 1. The molecule has 5 rings (SSSR count). The summed E-state index contributed by atoms with van der Waals surface area (Å²) in [6.45, 7) is 11.0. The van der Waals surface area contributed by atoms with E-state index in [9.17, 15) is 9.59 Å². The van der Waals surface area contributed by atoms with Gasteiger partial charge in [0.25, 0.3) is 0 Å². The number of carbonyl (C=O) groups is 2. The van der Waals surface area contributed by atoms with Crippen molar-refractivity contribution in [2.45, 2.75) is 84.3 Å². The van der Waals surface area contributed by atoms with Gasteiger partial charge in [0.2, 0.25) is 0 Å². The van der Waals surface area contributed by atoms with Gasteiger partial charge in [-0.05, 0) is 81.1 Å². The Hall–Kier alpha value is -0.960. The number of epoxide rings is 1. The van der Waals surface area contributed by atoms with Gasteiger partial charge in [0, 0.05) is 11.8 Å². The Kier molecular flexibility index (Phi) is 3.11. The lowest BCUT2D eigenvalue weighted by Gasteiger charge is -2.59. The van der Waals surface area contributed by atoms with Crippen LogP contribution >= 0.6 is 0 Å². The summed E-state index contributed by atoms with van der Waals surface area (Å²) in [5.74, 6) is 2.92. The number of ether oxygens (including phenoxy) is 1. The van der Waals surface area contributed by atoms with Crippen molar-refractivity contribution in [2.75, 3.05) is 0 Å². The minimum atomic E-state index is -0.529. The van der Waals surface area contributed by atoms with Gasteiger partial charge in [-0.25, -0.2) is 0 Å². The normalized spacial score (nSPS) is 57.4. The fourth-order valence-electron chi connectivity index (χ4n) is 8.60. The van der Waals surface area contributed by atoms with Crippen LogP contribution in [0, 0.1) is 34.5 Å². The number of fused-ring (bicyclic) bond motifs is 7. The van der Waals surface area contributed by atoms with Crippen LogP contribution in [0.4, 0.5) is 0 Å².